The maximum Gasteiger partial charge on any atom is 0.341 e. The molecule has 0 aliphatic heterocycles. The Balaban J connectivity index is 2.49. The highest BCUT2D eigenvalue weighted by molar-refractivity contribution is 6.30. The van der Waals surface area contributed by atoms with Crippen LogP contribution in [0.2, 0.25) is 5.02 Å². The summed E-state index contributed by atoms with van der Waals surface area (Å²) in [6.45, 7) is 0. The van der Waals surface area contributed by atoms with Crippen molar-refractivity contribution in [3.8, 4) is 5.69 Å². The molecule has 0 unspecified atom stereocenters. The molecular weight excluding hydrogens is 230 g/mol. The molecule has 0 aliphatic carbocycles. The van der Waals surface area contributed by atoms with Crippen LogP contribution in [0.15, 0.2) is 30.5 Å². The van der Waals surface area contributed by atoms with Crippen LogP contribution in [0.3, 0.4) is 0 Å². The Morgan fingerprint density at radius 1 is 1.50 bits per heavy atom. The lowest BCUT2D eigenvalue weighted by molar-refractivity contribution is 0.0698. The molecule has 16 heavy (non-hydrogen) atoms. The van der Waals surface area contributed by atoms with E-state index in [-0.39, 0.29) is 11.4 Å². The van der Waals surface area contributed by atoms with E-state index in [0.717, 1.165) is 0 Å². The number of rotatable bonds is 2. The van der Waals surface area contributed by atoms with Crippen molar-refractivity contribution in [1.82, 2.24) is 9.78 Å². The minimum Gasteiger partial charge on any atom is -0.477 e. The number of aromatic nitrogens is 2. The van der Waals surface area contributed by atoms with Crippen molar-refractivity contribution in [3.63, 3.8) is 0 Å². The highest BCUT2D eigenvalue weighted by Gasteiger charge is 2.13. The molecule has 0 aliphatic rings. The summed E-state index contributed by atoms with van der Waals surface area (Å²) in [6.07, 6.45) is 1.35. The van der Waals surface area contributed by atoms with Crippen LogP contribution in [0, 0.1) is 0 Å². The number of carbonyl (C=O) groups is 1. The first kappa shape index (κ1) is 10.5. The molecule has 2 rings (SSSR count). The summed E-state index contributed by atoms with van der Waals surface area (Å²) in [4.78, 5) is 10.8. The number of aromatic carboxylic acids is 1. The van der Waals surface area contributed by atoms with Gasteiger partial charge in [0, 0.05) is 11.2 Å². The number of nitrogens with two attached hydrogens (primary N) is 1. The Labute approximate surface area is 96.1 Å². The van der Waals surface area contributed by atoms with Gasteiger partial charge in [-0.1, -0.05) is 17.7 Å². The van der Waals surface area contributed by atoms with Crippen LogP contribution in [0.25, 0.3) is 5.69 Å². The molecule has 0 amide bonds. The molecule has 0 fully saturated rings. The summed E-state index contributed by atoms with van der Waals surface area (Å²) < 4.78 is 1.38. The molecular formula is C10H8ClN3O2. The van der Waals surface area contributed by atoms with Gasteiger partial charge in [0.2, 0.25) is 0 Å². The quantitative estimate of drug-likeness (QED) is 0.835. The summed E-state index contributed by atoms with van der Waals surface area (Å²) in [5.41, 5.74) is 6.10. The van der Waals surface area contributed by atoms with Crippen LogP contribution in [0.4, 0.5) is 5.82 Å². The SMILES string of the molecule is Nc1nn(-c2cccc(Cl)c2)cc1C(=O)O. The predicted molar refractivity (Wildman–Crippen MR) is 59.9 cm³/mol. The summed E-state index contributed by atoms with van der Waals surface area (Å²) >= 11 is 5.82. The lowest BCUT2D eigenvalue weighted by Gasteiger charge is -2.00. The summed E-state index contributed by atoms with van der Waals surface area (Å²) in [5, 5.41) is 13.3. The Morgan fingerprint density at radius 2 is 2.25 bits per heavy atom. The van der Waals surface area contributed by atoms with E-state index >= 15 is 0 Å². The predicted octanol–water partition coefficient (Wildman–Crippen LogP) is 1.81. The summed E-state index contributed by atoms with van der Waals surface area (Å²) in [7, 11) is 0. The van der Waals surface area contributed by atoms with Gasteiger partial charge in [0.25, 0.3) is 0 Å². The molecule has 0 radical (unpaired) electrons. The Hall–Kier alpha value is -2.01. The number of carboxylic acids is 1. The van der Waals surface area contributed by atoms with Gasteiger partial charge in [0.1, 0.15) is 5.56 Å². The average Bonchev–Trinajstić information content (AvgIpc) is 2.60. The van der Waals surface area contributed by atoms with Crippen molar-refractivity contribution >= 4 is 23.4 Å². The fourth-order valence-electron chi connectivity index (χ4n) is 1.30. The van der Waals surface area contributed by atoms with Crippen LogP contribution in [0.5, 0.6) is 0 Å². The number of halogens is 1. The largest absolute Gasteiger partial charge is 0.477 e. The molecule has 2 aromatic rings. The minimum atomic E-state index is -1.11. The Kier molecular flexibility index (Phi) is 2.54. The fourth-order valence-corrected chi connectivity index (χ4v) is 1.49. The molecule has 1 aromatic carbocycles. The number of anilines is 1. The molecule has 3 N–H and O–H groups in total. The number of nitrogen functional groups attached to an aromatic ring is 1. The van der Waals surface area contributed by atoms with Crippen LogP contribution in [-0.4, -0.2) is 20.9 Å². The van der Waals surface area contributed by atoms with Crippen molar-refractivity contribution in [1.29, 1.82) is 0 Å². The highest BCUT2D eigenvalue weighted by Crippen LogP contribution is 2.17. The molecule has 5 nitrogen and oxygen atoms in total. The first-order valence-corrected chi connectivity index (χ1v) is 4.80. The van der Waals surface area contributed by atoms with Gasteiger partial charge in [-0.25, -0.2) is 9.48 Å². The summed E-state index contributed by atoms with van der Waals surface area (Å²) in [5.74, 6) is -1.13. The van der Waals surface area contributed by atoms with Gasteiger partial charge in [-0.15, -0.1) is 5.10 Å². The van der Waals surface area contributed by atoms with Crippen LogP contribution in [-0.2, 0) is 0 Å². The van der Waals surface area contributed by atoms with E-state index < -0.39 is 5.97 Å². The van der Waals surface area contributed by atoms with Crippen molar-refractivity contribution in [2.24, 2.45) is 0 Å². The normalized spacial score (nSPS) is 10.3. The lowest BCUT2D eigenvalue weighted by Crippen LogP contribution is -1.98. The number of hydrogen-bond acceptors (Lipinski definition) is 3. The molecule has 6 heteroatoms. The molecule has 82 valence electrons. The van der Waals surface area contributed by atoms with E-state index in [4.69, 9.17) is 22.4 Å². The van der Waals surface area contributed by atoms with E-state index in [1.165, 1.54) is 10.9 Å². The third kappa shape index (κ3) is 1.85. The van der Waals surface area contributed by atoms with E-state index in [1.54, 1.807) is 24.3 Å². The van der Waals surface area contributed by atoms with Gasteiger partial charge in [0.15, 0.2) is 5.82 Å². The Bertz CT molecular complexity index is 551. The number of hydrogen-bond donors (Lipinski definition) is 2. The van der Waals surface area contributed by atoms with Crippen molar-refractivity contribution in [2.45, 2.75) is 0 Å². The zero-order valence-electron chi connectivity index (χ0n) is 8.09. The lowest BCUT2D eigenvalue weighted by atomic mass is 10.3. The third-order valence-corrected chi connectivity index (χ3v) is 2.28. The van der Waals surface area contributed by atoms with E-state index in [9.17, 15) is 4.79 Å². The molecule has 0 atom stereocenters. The second-order valence-electron chi connectivity index (χ2n) is 3.16. The van der Waals surface area contributed by atoms with Gasteiger partial charge in [-0.2, -0.15) is 0 Å². The second-order valence-corrected chi connectivity index (χ2v) is 3.59. The van der Waals surface area contributed by atoms with Crippen molar-refractivity contribution in [2.75, 3.05) is 5.73 Å². The molecule has 0 saturated carbocycles. The third-order valence-electron chi connectivity index (χ3n) is 2.05. The highest BCUT2D eigenvalue weighted by atomic mass is 35.5. The van der Waals surface area contributed by atoms with Gasteiger partial charge in [-0.05, 0) is 18.2 Å². The van der Waals surface area contributed by atoms with Gasteiger partial charge in [0.05, 0.1) is 5.69 Å². The number of benzene rings is 1. The molecule has 1 heterocycles. The zero-order valence-corrected chi connectivity index (χ0v) is 8.85. The maximum absolute atomic E-state index is 10.8. The monoisotopic (exact) mass is 237 g/mol. The second kappa shape index (κ2) is 3.86. The van der Waals surface area contributed by atoms with Crippen molar-refractivity contribution in [3.05, 3.63) is 41.0 Å². The topological polar surface area (TPSA) is 81.1 Å². The minimum absolute atomic E-state index is 0.0209. The molecule has 1 aromatic heterocycles. The number of nitrogens with zero attached hydrogens (tertiary/aromatic N) is 2. The van der Waals surface area contributed by atoms with Crippen molar-refractivity contribution < 1.29 is 9.90 Å². The first-order valence-electron chi connectivity index (χ1n) is 4.42. The smallest absolute Gasteiger partial charge is 0.341 e. The average molecular weight is 238 g/mol. The number of carboxylic acid groups (broad SMARTS) is 1. The van der Waals surface area contributed by atoms with E-state index in [0.29, 0.717) is 10.7 Å². The van der Waals surface area contributed by atoms with Crippen LogP contribution in [0.1, 0.15) is 10.4 Å². The molecule has 0 spiro atoms. The van der Waals surface area contributed by atoms with Crippen LogP contribution < -0.4 is 5.73 Å². The summed E-state index contributed by atoms with van der Waals surface area (Å²) in [6, 6.07) is 6.88. The van der Waals surface area contributed by atoms with Gasteiger partial charge < -0.3 is 10.8 Å². The van der Waals surface area contributed by atoms with E-state index in [1.807, 2.05) is 0 Å². The first-order chi connectivity index (χ1) is 7.58. The Morgan fingerprint density at radius 3 is 2.81 bits per heavy atom. The van der Waals surface area contributed by atoms with Crippen LogP contribution >= 0.6 is 11.6 Å². The zero-order chi connectivity index (χ0) is 11.7. The standard InChI is InChI=1S/C10H8ClN3O2/c11-6-2-1-3-7(4-6)14-5-8(10(15)16)9(12)13-14/h1-5H,(H2,12,13)(H,15,16). The molecule has 0 saturated heterocycles. The van der Waals surface area contributed by atoms with Gasteiger partial charge >= 0.3 is 5.97 Å². The van der Waals surface area contributed by atoms with E-state index in [2.05, 4.69) is 5.10 Å². The fraction of sp³-hybridized carbons (Fsp3) is 0. The maximum atomic E-state index is 10.8. The molecule has 0 bridgehead atoms. The van der Waals surface area contributed by atoms with Gasteiger partial charge in [-0.3, -0.25) is 0 Å².